The number of carbonyl (C=O) groups is 3. The molecule has 2 aliphatic rings. The largest absolute Gasteiger partial charge is 0.457 e. The first-order chi connectivity index (χ1) is 18.9. The minimum absolute atomic E-state index is 0.0186. The standard InChI is InChI=1S/C31H40N4O4/c1-4-9-26-27(28(33-31(38)32-26)25-11-8-10-22(2)20-25)30(37)39-21-23-12-14-24(15-13-23)29(36)34(3)18-19-35-16-6-5-7-17-35/h8,10-15,20,28H,4-7,9,16-19,21H2,1-3H3,(H2,32,33,38). The van der Waals surface area contributed by atoms with E-state index in [-0.39, 0.29) is 18.5 Å². The Labute approximate surface area is 231 Å². The Kier molecular flexibility index (Phi) is 9.76. The maximum absolute atomic E-state index is 13.4. The van der Waals surface area contributed by atoms with Gasteiger partial charge in [0.2, 0.25) is 0 Å². The summed E-state index contributed by atoms with van der Waals surface area (Å²) in [5.74, 6) is -0.495. The van der Waals surface area contributed by atoms with Gasteiger partial charge in [0.15, 0.2) is 0 Å². The van der Waals surface area contributed by atoms with Crippen molar-refractivity contribution in [2.75, 3.05) is 33.2 Å². The molecule has 2 aromatic rings. The third-order valence-corrected chi connectivity index (χ3v) is 7.37. The molecule has 8 nitrogen and oxygen atoms in total. The van der Waals surface area contributed by atoms with Gasteiger partial charge in [0, 0.05) is 31.4 Å². The molecule has 0 aliphatic carbocycles. The minimum Gasteiger partial charge on any atom is -0.457 e. The molecule has 0 bridgehead atoms. The zero-order valence-corrected chi connectivity index (χ0v) is 23.3. The second-order valence-corrected chi connectivity index (χ2v) is 10.5. The van der Waals surface area contributed by atoms with Gasteiger partial charge in [-0.3, -0.25) is 4.79 Å². The molecule has 2 N–H and O–H groups in total. The van der Waals surface area contributed by atoms with Crippen LogP contribution in [0.2, 0.25) is 0 Å². The van der Waals surface area contributed by atoms with Crippen molar-refractivity contribution in [3.8, 4) is 0 Å². The SMILES string of the molecule is CCCC1=C(C(=O)OCc2ccc(C(=O)N(C)CCN3CCCCC3)cc2)C(c2cccc(C)c2)NC(=O)N1. The number of likely N-dealkylation sites (tertiary alicyclic amines) is 1. The fourth-order valence-electron chi connectivity index (χ4n) is 5.17. The number of hydrogen-bond acceptors (Lipinski definition) is 5. The monoisotopic (exact) mass is 532 g/mol. The van der Waals surface area contributed by atoms with Crippen LogP contribution in [0.1, 0.15) is 72.1 Å². The van der Waals surface area contributed by atoms with Gasteiger partial charge in [-0.05, 0) is 62.5 Å². The molecule has 39 heavy (non-hydrogen) atoms. The minimum atomic E-state index is -0.590. The molecule has 1 fully saturated rings. The Bertz CT molecular complexity index is 1200. The van der Waals surface area contributed by atoms with Crippen LogP contribution in [-0.2, 0) is 16.1 Å². The van der Waals surface area contributed by atoms with Gasteiger partial charge in [-0.15, -0.1) is 0 Å². The lowest BCUT2D eigenvalue weighted by Gasteiger charge is -2.29. The Hall–Kier alpha value is -3.65. The molecule has 2 aliphatic heterocycles. The molecule has 0 radical (unpaired) electrons. The van der Waals surface area contributed by atoms with E-state index in [0.29, 0.717) is 29.8 Å². The quantitative estimate of drug-likeness (QED) is 0.433. The molecule has 2 heterocycles. The van der Waals surface area contributed by atoms with Gasteiger partial charge in [0.1, 0.15) is 6.61 Å². The van der Waals surface area contributed by atoms with Gasteiger partial charge < -0.3 is 25.2 Å². The molecule has 0 spiro atoms. The fourth-order valence-corrected chi connectivity index (χ4v) is 5.17. The average Bonchev–Trinajstić information content (AvgIpc) is 2.95. The summed E-state index contributed by atoms with van der Waals surface area (Å²) in [6.07, 6.45) is 5.10. The van der Waals surface area contributed by atoms with E-state index in [1.807, 2.05) is 57.3 Å². The second-order valence-electron chi connectivity index (χ2n) is 10.5. The van der Waals surface area contributed by atoms with Crippen LogP contribution in [0.4, 0.5) is 4.79 Å². The van der Waals surface area contributed by atoms with E-state index in [1.165, 1.54) is 19.3 Å². The molecule has 0 saturated carbocycles. The third-order valence-electron chi connectivity index (χ3n) is 7.37. The number of rotatable bonds is 10. The highest BCUT2D eigenvalue weighted by Gasteiger charge is 2.33. The van der Waals surface area contributed by atoms with Crippen molar-refractivity contribution in [3.05, 3.63) is 82.1 Å². The number of allylic oxidation sites excluding steroid dienone is 1. The van der Waals surface area contributed by atoms with E-state index in [0.717, 1.165) is 42.7 Å². The van der Waals surface area contributed by atoms with Crippen molar-refractivity contribution in [2.24, 2.45) is 0 Å². The first-order valence-corrected chi connectivity index (χ1v) is 14.0. The highest BCUT2D eigenvalue weighted by molar-refractivity contribution is 5.95. The van der Waals surface area contributed by atoms with Crippen LogP contribution in [0, 0.1) is 6.92 Å². The summed E-state index contributed by atoms with van der Waals surface area (Å²) in [6.45, 7) is 7.85. The summed E-state index contributed by atoms with van der Waals surface area (Å²) in [4.78, 5) is 42.8. The number of urea groups is 1. The van der Waals surface area contributed by atoms with Crippen molar-refractivity contribution in [2.45, 2.75) is 58.6 Å². The van der Waals surface area contributed by atoms with Crippen molar-refractivity contribution in [1.29, 1.82) is 0 Å². The van der Waals surface area contributed by atoms with Crippen molar-refractivity contribution in [3.63, 3.8) is 0 Å². The van der Waals surface area contributed by atoms with E-state index < -0.39 is 12.0 Å². The zero-order chi connectivity index (χ0) is 27.8. The summed E-state index contributed by atoms with van der Waals surface area (Å²) >= 11 is 0. The average molecular weight is 533 g/mol. The highest BCUT2D eigenvalue weighted by Crippen LogP contribution is 2.30. The number of benzene rings is 2. The highest BCUT2D eigenvalue weighted by atomic mass is 16.5. The maximum Gasteiger partial charge on any atom is 0.338 e. The van der Waals surface area contributed by atoms with Crippen LogP contribution in [0.3, 0.4) is 0 Å². The molecule has 1 unspecified atom stereocenters. The smallest absolute Gasteiger partial charge is 0.338 e. The molecular formula is C31H40N4O4. The topological polar surface area (TPSA) is 91.0 Å². The van der Waals surface area contributed by atoms with E-state index in [2.05, 4.69) is 15.5 Å². The van der Waals surface area contributed by atoms with Crippen LogP contribution in [0.15, 0.2) is 59.8 Å². The van der Waals surface area contributed by atoms with Gasteiger partial charge in [0.25, 0.3) is 5.91 Å². The number of carbonyl (C=O) groups excluding carboxylic acids is 3. The van der Waals surface area contributed by atoms with Gasteiger partial charge in [-0.2, -0.15) is 0 Å². The molecule has 0 aromatic heterocycles. The summed E-state index contributed by atoms with van der Waals surface area (Å²) in [5, 5.41) is 5.69. The van der Waals surface area contributed by atoms with E-state index in [4.69, 9.17) is 4.74 Å². The van der Waals surface area contributed by atoms with Crippen molar-refractivity contribution < 1.29 is 19.1 Å². The molecule has 4 rings (SSSR count). The number of ether oxygens (including phenoxy) is 1. The number of likely N-dealkylation sites (N-methyl/N-ethyl adjacent to an activating group) is 1. The van der Waals surface area contributed by atoms with Gasteiger partial charge >= 0.3 is 12.0 Å². The zero-order valence-electron chi connectivity index (χ0n) is 23.3. The van der Waals surface area contributed by atoms with Gasteiger partial charge in [-0.25, -0.2) is 9.59 Å². The molecule has 1 atom stereocenters. The second kappa shape index (κ2) is 13.4. The number of esters is 1. The number of amides is 3. The molecule has 208 valence electrons. The normalized spacial score (nSPS) is 17.8. The fraction of sp³-hybridized carbons (Fsp3) is 0.452. The number of nitrogens with zero attached hydrogens (tertiary/aromatic N) is 2. The van der Waals surface area contributed by atoms with Crippen LogP contribution < -0.4 is 10.6 Å². The Morgan fingerprint density at radius 2 is 1.82 bits per heavy atom. The summed E-state index contributed by atoms with van der Waals surface area (Å²) in [5.41, 5.74) is 4.27. The number of nitrogens with one attached hydrogen (secondary N) is 2. The predicted octanol–water partition coefficient (Wildman–Crippen LogP) is 4.70. The molecular weight excluding hydrogens is 492 g/mol. The summed E-state index contributed by atoms with van der Waals surface area (Å²) in [6, 6.07) is 14.0. The maximum atomic E-state index is 13.4. The lowest BCUT2D eigenvalue weighted by molar-refractivity contribution is -0.140. The van der Waals surface area contributed by atoms with Gasteiger partial charge in [-0.1, -0.05) is 61.7 Å². The Morgan fingerprint density at radius 1 is 1.08 bits per heavy atom. The molecule has 1 saturated heterocycles. The van der Waals surface area contributed by atoms with Gasteiger partial charge in [0.05, 0.1) is 11.6 Å². The predicted molar refractivity (Wildman–Crippen MR) is 151 cm³/mol. The van der Waals surface area contributed by atoms with Crippen LogP contribution in [-0.4, -0.2) is 60.9 Å². The lowest BCUT2D eigenvalue weighted by Crippen LogP contribution is -2.46. The molecule has 2 aromatic carbocycles. The number of hydrogen-bond donors (Lipinski definition) is 2. The Morgan fingerprint density at radius 3 is 2.51 bits per heavy atom. The summed E-state index contributed by atoms with van der Waals surface area (Å²) < 4.78 is 5.73. The van der Waals surface area contributed by atoms with Crippen LogP contribution >= 0.6 is 0 Å². The van der Waals surface area contributed by atoms with E-state index in [9.17, 15) is 14.4 Å². The Balaban J connectivity index is 1.40. The van der Waals surface area contributed by atoms with Crippen molar-refractivity contribution in [1.82, 2.24) is 20.4 Å². The first kappa shape index (κ1) is 28.4. The van der Waals surface area contributed by atoms with Crippen molar-refractivity contribution >= 4 is 17.9 Å². The van der Waals surface area contributed by atoms with Crippen LogP contribution in [0.5, 0.6) is 0 Å². The first-order valence-electron chi connectivity index (χ1n) is 14.0. The van der Waals surface area contributed by atoms with E-state index >= 15 is 0 Å². The third kappa shape index (κ3) is 7.47. The number of aryl methyl sites for hydroxylation is 1. The number of piperidine rings is 1. The van der Waals surface area contributed by atoms with E-state index in [1.54, 1.807) is 17.0 Å². The summed E-state index contributed by atoms with van der Waals surface area (Å²) in [7, 11) is 1.84. The molecule has 8 heteroatoms. The molecule has 3 amide bonds. The van der Waals surface area contributed by atoms with Crippen LogP contribution in [0.25, 0.3) is 0 Å². The lowest BCUT2D eigenvalue weighted by atomic mass is 9.93.